The predicted molar refractivity (Wildman–Crippen MR) is 135 cm³/mol. The summed E-state index contributed by atoms with van der Waals surface area (Å²) >= 11 is 12.3. The second-order valence-corrected chi connectivity index (χ2v) is 10.0. The van der Waals surface area contributed by atoms with Crippen molar-refractivity contribution in [3.8, 4) is 6.01 Å². The van der Waals surface area contributed by atoms with E-state index >= 15 is 0 Å². The Morgan fingerprint density at radius 1 is 1.22 bits per heavy atom. The Bertz CT molecular complexity index is 1150. The number of nitrogens with zero attached hydrogens (tertiary/aromatic N) is 3. The molecule has 4 rings (SSSR count). The maximum absolute atomic E-state index is 12.7. The van der Waals surface area contributed by atoms with Crippen LogP contribution in [0.2, 0.25) is 10.0 Å². The molecule has 3 N–H and O–H groups in total. The molecule has 0 aliphatic carbocycles. The summed E-state index contributed by atoms with van der Waals surface area (Å²) in [4.78, 5) is 43.5. The van der Waals surface area contributed by atoms with Crippen molar-refractivity contribution in [2.45, 2.75) is 51.5 Å². The molecule has 4 heterocycles. The molecule has 12 nitrogen and oxygen atoms in total. The third kappa shape index (κ3) is 6.63. The van der Waals surface area contributed by atoms with Crippen LogP contribution in [0.25, 0.3) is 0 Å². The van der Waals surface area contributed by atoms with Crippen LogP contribution in [0.4, 0.5) is 5.82 Å². The van der Waals surface area contributed by atoms with Gasteiger partial charge in [-0.05, 0) is 33.6 Å². The normalized spacial score (nSPS) is 19.6. The topological polar surface area (TPSA) is 140 Å². The zero-order valence-corrected chi connectivity index (χ0v) is 22.5. The van der Waals surface area contributed by atoms with Gasteiger partial charge in [-0.1, -0.05) is 23.2 Å². The van der Waals surface area contributed by atoms with Gasteiger partial charge in [-0.2, -0.15) is 9.97 Å². The van der Waals surface area contributed by atoms with Crippen molar-refractivity contribution >= 4 is 40.8 Å². The van der Waals surface area contributed by atoms with Crippen molar-refractivity contribution in [3.05, 3.63) is 33.2 Å². The Hall–Kier alpha value is -2.64. The Balaban J connectivity index is 1.41. The largest absolute Gasteiger partial charge is 0.461 e. The van der Waals surface area contributed by atoms with Crippen LogP contribution >= 0.6 is 23.2 Å². The van der Waals surface area contributed by atoms with Crippen LogP contribution in [0.1, 0.15) is 53.4 Å². The molecule has 2 fully saturated rings. The molecule has 2 aromatic heterocycles. The summed E-state index contributed by atoms with van der Waals surface area (Å²) < 4.78 is 17.1. The van der Waals surface area contributed by atoms with Crippen molar-refractivity contribution in [1.29, 1.82) is 0 Å². The first kappa shape index (κ1) is 27.4. The number of H-pyrrole nitrogens is 1. The van der Waals surface area contributed by atoms with E-state index in [4.69, 9.17) is 42.3 Å². The van der Waals surface area contributed by atoms with E-state index < -0.39 is 11.7 Å². The average Bonchev–Trinajstić information content (AvgIpc) is 3.35. The van der Waals surface area contributed by atoms with E-state index in [0.29, 0.717) is 49.1 Å². The van der Waals surface area contributed by atoms with Crippen LogP contribution in [0, 0.1) is 6.92 Å². The molecule has 2 amide bonds. The summed E-state index contributed by atoms with van der Waals surface area (Å²) in [5.41, 5.74) is 3.24. The van der Waals surface area contributed by atoms with Gasteiger partial charge >= 0.3 is 6.01 Å². The molecule has 0 aromatic carbocycles. The van der Waals surface area contributed by atoms with Gasteiger partial charge in [0.1, 0.15) is 29.9 Å². The molecule has 0 bridgehead atoms. The van der Waals surface area contributed by atoms with Gasteiger partial charge in [0.2, 0.25) is 0 Å². The maximum atomic E-state index is 12.7. The number of rotatable bonds is 8. The van der Waals surface area contributed by atoms with Crippen molar-refractivity contribution in [1.82, 2.24) is 25.7 Å². The molecule has 37 heavy (non-hydrogen) atoms. The van der Waals surface area contributed by atoms with E-state index in [9.17, 15) is 9.59 Å². The lowest BCUT2D eigenvalue weighted by Gasteiger charge is -2.33. The highest BCUT2D eigenvalue weighted by molar-refractivity contribution is 6.44. The number of aromatic nitrogens is 3. The SMILES string of the molecule is CONC(=O)c1cc(N2CCC(NC(=O)c3[nH]c(C)c(Cl)c3Cl)CC2)nc(OCC2COC(C)(C)O2)n1. The number of halogens is 2. The number of hydrogen-bond acceptors (Lipinski definition) is 9. The lowest BCUT2D eigenvalue weighted by atomic mass is 10.0. The molecule has 14 heteroatoms. The molecule has 202 valence electrons. The van der Waals surface area contributed by atoms with Gasteiger partial charge in [-0.15, -0.1) is 0 Å². The second kappa shape index (κ2) is 11.4. The number of amides is 2. The molecule has 1 unspecified atom stereocenters. The Labute approximate surface area is 224 Å². The number of nitrogens with one attached hydrogen (secondary N) is 3. The first-order valence-corrected chi connectivity index (χ1v) is 12.6. The monoisotopic (exact) mass is 556 g/mol. The van der Waals surface area contributed by atoms with E-state index in [-0.39, 0.29) is 47.1 Å². The van der Waals surface area contributed by atoms with Gasteiger partial charge in [-0.25, -0.2) is 5.48 Å². The number of aromatic amines is 1. The Kier molecular flexibility index (Phi) is 8.44. The highest BCUT2D eigenvalue weighted by Crippen LogP contribution is 2.29. The molecule has 0 saturated carbocycles. The molecule has 1 atom stereocenters. The van der Waals surface area contributed by atoms with Gasteiger partial charge in [0.05, 0.1) is 23.8 Å². The lowest BCUT2D eigenvalue weighted by molar-refractivity contribution is -0.141. The van der Waals surface area contributed by atoms with Crippen LogP contribution in [0.15, 0.2) is 6.07 Å². The third-order valence-corrected chi connectivity index (χ3v) is 6.97. The number of piperidine rings is 1. The number of ether oxygens (including phenoxy) is 3. The molecule has 2 aromatic rings. The van der Waals surface area contributed by atoms with Crippen LogP contribution in [-0.4, -0.2) is 78.1 Å². The first-order chi connectivity index (χ1) is 17.6. The molecular formula is C23H30Cl2N6O6. The minimum Gasteiger partial charge on any atom is -0.461 e. The van der Waals surface area contributed by atoms with Crippen LogP contribution in [-0.2, 0) is 14.3 Å². The van der Waals surface area contributed by atoms with E-state index in [1.54, 1.807) is 13.0 Å². The van der Waals surface area contributed by atoms with E-state index in [2.05, 4.69) is 25.7 Å². The number of anilines is 1. The molecule has 2 saturated heterocycles. The van der Waals surface area contributed by atoms with E-state index in [1.165, 1.54) is 7.11 Å². The molecule has 0 radical (unpaired) electrons. The highest BCUT2D eigenvalue weighted by atomic mass is 35.5. The number of aryl methyl sites for hydroxylation is 1. The number of carbonyl (C=O) groups is 2. The third-order valence-electron chi connectivity index (χ3n) is 6.02. The Morgan fingerprint density at radius 3 is 2.54 bits per heavy atom. The van der Waals surface area contributed by atoms with Gasteiger partial charge in [-0.3, -0.25) is 14.4 Å². The van der Waals surface area contributed by atoms with Crippen molar-refractivity contribution < 1.29 is 28.6 Å². The minimum atomic E-state index is -0.683. The fourth-order valence-corrected chi connectivity index (χ4v) is 4.57. The summed E-state index contributed by atoms with van der Waals surface area (Å²) in [6.45, 7) is 7.11. The van der Waals surface area contributed by atoms with Gasteiger partial charge in [0, 0.05) is 30.9 Å². The molecular weight excluding hydrogens is 527 g/mol. The Morgan fingerprint density at radius 2 is 1.95 bits per heavy atom. The summed E-state index contributed by atoms with van der Waals surface area (Å²) in [5, 5.41) is 3.55. The van der Waals surface area contributed by atoms with Crippen LogP contribution in [0.3, 0.4) is 0 Å². The average molecular weight is 557 g/mol. The molecule has 2 aliphatic heterocycles. The summed E-state index contributed by atoms with van der Waals surface area (Å²) in [5.74, 6) is -1.00. The summed E-state index contributed by atoms with van der Waals surface area (Å²) in [6, 6.07) is 1.54. The summed E-state index contributed by atoms with van der Waals surface area (Å²) in [7, 11) is 1.34. The van der Waals surface area contributed by atoms with Crippen molar-refractivity contribution in [2.75, 3.05) is 38.3 Å². The van der Waals surface area contributed by atoms with Crippen molar-refractivity contribution in [2.24, 2.45) is 0 Å². The summed E-state index contributed by atoms with van der Waals surface area (Å²) in [6.07, 6.45) is 1.02. The number of hydroxylamine groups is 1. The second-order valence-electron chi connectivity index (χ2n) is 9.28. The quantitative estimate of drug-likeness (QED) is 0.418. The number of carbonyl (C=O) groups excluding carboxylic acids is 2. The fraction of sp³-hybridized carbons (Fsp3) is 0.565. The van der Waals surface area contributed by atoms with Crippen LogP contribution < -0.4 is 20.4 Å². The van der Waals surface area contributed by atoms with Gasteiger partial charge in [0.25, 0.3) is 11.8 Å². The fourth-order valence-electron chi connectivity index (χ4n) is 4.15. The zero-order valence-electron chi connectivity index (χ0n) is 21.0. The van der Waals surface area contributed by atoms with Crippen LogP contribution in [0.5, 0.6) is 6.01 Å². The van der Waals surface area contributed by atoms with Gasteiger partial charge in [0.15, 0.2) is 5.79 Å². The van der Waals surface area contributed by atoms with Gasteiger partial charge < -0.3 is 29.4 Å². The van der Waals surface area contributed by atoms with E-state index in [1.807, 2.05) is 18.7 Å². The molecule has 2 aliphatic rings. The zero-order chi connectivity index (χ0) is 26.7. The molecule has 0 spiro atoms. The number of hydrogen-bond donors (Lipinski definition) is 3. The van der Waals surface area contributed by atoms with Crippen molar-refractivity contribution in [3.63, 3.8) is 0 Å². The smallest absolute Gasteiger partial charge is 0.319 e. The lowest BCUT2D eigenvalue weighted by Crippen LogP contribution is -2.45. The maximum Gasteiger partial charge on any atom is 0.319 e. The highest BCUT2D eigenvalue weighted by Gasteiger charge is 2.33. The van der Waals surface area contributed by atoms with E-state index in [0.717, 1.165) is 0 Å². The first-order valence-electron chi connectivity index (χ1n) is 11.8. The standard InChI is InChI=1S/C23H30Cl2N6O6/c1-12-17(24)18(25)19(26-12)21(33)27-13-5-7-31(8-6-13)16-9-15(20(32)30-34-4)28-22(29-16)35-10-14-11-36-23(2,3)37-14/h9,13-14,26H,5-8,10-11H2,1-4H3,(H,27,33)(H,30,32). The minimum absolute atomic E-state index is 0.0381. The predicted octanol–water partition coefficient (Wildman–Crippen LogP) is 2.64.